The topological polar surface area (TPSA) is 32.3 Å². The third kappa shape index (κ3) is 3.03. The minimum atomic E-state index is 0.0682. The second-order valence-electron chi connectivity index (χ2n) is 5.17. The quantitative estimate of drug-likeness (QED) is 0.883. The largest absolute Gasteiger partial charge is 0.370 e. The van der Waals surface area contributed by atoms with Crippen LogP contribution in [0, 0.1) is 5.92 Å². The van der Waals surface area contributed by atoms with Crippen LogP contribution < -0.4 is 10.2 Å². The van der Waals surface area contributed by atoms with E-state index in [0.29, 0.717) is 0 Å². The van der Waals surface area contributed by atoms with Gasteiger partial charge in [-0.05, 0) is 24.5 Å². The molecule has 1 aliphatic heterocycles. The molecule has 98 valence electrons. The number of nitrogens with zero attached hydrogens (tertiary/aromatic N) is 1. The highest BCUT2D eigenvalue weighted by molar-refractivity contribution is 5.77. The molecular weight excluding hydrogens is 224 g/mol. The van der Waals surface area contributed by atoms with Crippen LogP contribution in [0.1, 0.15) is 25.8 Å². The molecule has 1 N–H and O–H groups in total. The van der Waals surface area contributed by atoms with Crippen molar-refractivity contribution < 1.29 is 4.79 Å². The van der Waals surface area contributed by atoms with Crippen molar-refractivity contribution in [3.63, 3.8) is 0 Å². The molecule has 1 heterocycles. The Morgan fingerprint density at radius 2 is 2.17 bits per heavy atom. The van der Waals surface area contributed by atoms with E-state index in [1.807, 2.05) is 13.8 Å². The molecule has 0 bridgehead atoms. The molecular formula is C15H22N2O. The molecule has 3 heteroatoms. The maximum Gasteiger partial charge on any atom is 0.222 e. The molecule has 0 fully saturated rings. The lowest BCUT2D eigenvalue weighted by molar-refractivity contribution is -0.123. The first kappa shape index (κ1) is 12.9. The molecule has 1 aromatic rings. The van der Waals surface area contributed by atoms with Crippen molar-refractivity contribution >= 4 is 11.6 Å². The molecule has 0 saturated heterocycles. The van der Waals surface area contributed by atoms with Crippen molar-refractivity contribution in [2.45, 2.75) is 26.7 Å². The Morgan fingerprint density at radius 1 is 1.39 bits per heavy atom. The second kappa shape index (κ2) is 5.89. The summed E-state index contributed by atoms with van der Waals surface area (Å²) in [5.41, 5.74) is 2.77. The average Bonchev–Trinajstić information content (AvgIpc) is 2.38. The Balaban J connectivity index is 1.90. The van der Waals surface area contributed by atoms with Gasteiger partial charge in [-0.2, -0.15) is 0 Å². The first-order valence-corrected chi connectivity index (χ1v) is 6.79. The van der Waals surface area contributed by atoms with Gasteiger partial charge in [-0.1, -0.05) is 32.0 Å². The van der Waals surface area contributed by atoms with Gasteiger partial charge in [-0.3, -0.25) is 4.79 Å². The maximum atomic E-state index is 11.5. The number of para-hydroxylation sites is 1. The molecule has 0 unspecified atom stereocenters. The van der Waals surface area contributed by atoms with Crippen molar-refractivity contribution in [1.29, 1.82) is 0 Å². The summed E-state index contributed by atoms with van der Waals surface area (Å²) in [7, 11) is 0. The fraction of sp³-hybridized carbons (Fsp3) is 0.533. The number of benzene rings is 1. The van der Waals surface area contributed by atoms with E-state index < -0.39 is 0 Å². The van der Waals surface area contributed by atoms with Gasteiger partial charge >= 0.3 is 0 Å². The highest BCUT2D eigenvalue weighted by Gasteiger charge is 2.15. The lowest BCUT2D eigenvalue weighted by atomic mass is 10.0. The van der Waals surface area contributed by atoms with Crippen LogP contribution in [0.5, 0.6) is 0 Å². The molecule has 1 amide bonds. The minimum Gasteiger partial charge on any atom is -0.370 e. The zero-order chi connectivity index (χ0) is 13.0. The number of amides is 1. The normalized spacial score (nSPS) is 14.5. The van der Waals surface area contributed by atoms with Crippen molar-refractivity contribution in [2.75, 3.05) is 24.5 Å². The van der Waals surface area contributed by atoms with Gasteiger partial charge in [0.25, 0.3) is 0 Å². The molecule has 0 aliphatic carbocycles. The first-order valence-electron chi connectivity index (χ1n) is 6.79. The van der Waals surface area contributed by atoms with Crippen LogP contribution in [0.2, 0.25) is 0 Å². The van der Waals surface area contributed by atoms with E-state index in [1.165, 1.54) is 24.1 Å². The van der Waals surface area contributed by atoms with Gasteiger partial charge in [0.2, 0.25) is 5.91 Å². The van der Waals surface area contributed by atoms with E-state index in [9.17, 15) is 4.79 Å². The summed E-state index contributed by atoms with van der Waals surface area (Å²) in [5, 5.41) is 2.98. The molecule has 1 aromatic carbocycles. The zero-order valence-corrected chi connectivity index (χ0v) is 11.3. The number of rotatable bonds is 4. The number of anilines is 1. The van der Waals surface area contributed by atoms with Crippen LogP contribution in [0.3, 0.4) is 0 Å². The number of aryl methyl sites for hydroxylation is 1. The van der Waals surface area contributed by atoms with Gasteiger partial charge in [0.05, 0.1) is 0 Å². The van der Waals surface area contributed by atoms with Crippen molar-refractivity contribution in [3.05, 3.63) is 29.8 Å². The average molecular weight is 246 g/mol. The number of carbonyl (C=O) groups is 1. The monoisotopic (exact) mass is 246 g/mol. The standard InChI is InChI=1S/C15H22N2O/c1-12(2)15(18)16-9-11-17-10-5-7-13-6-3-4-8-14(13)17/h3-4,6,8,12H,5,7,9-11H2,1-2H3,(H,16,18). The van der Waals surface area contributed by atoms with E-state index in [1.54, 1.807) is 0 Å². The number of fused-ring (bicyclic) bond motifs is 1. The number of hydrogen-bond donors (Lipinski definition) is 1. The van der Waals surface area contributed by atoms with Gasteiger partial charge in [0, 0.05) is 31.2 Å². The third-order valence-corrected chi connectivity index (χ3v) is 3.41. The van der Waals surface area contributed by atoms with Crippen molar-refractivity contribution in [2.24, 2.45) is 5.92 Å². The number of carbonyl (C=O) groups excluding carboxylic acids is 1. The Kier molecular flexibility index (Phi) is 4.24. The lowest BCUT2D eigenvalue weighted by Crippen LogP contribution is -2.38. The SMILES string of the molecule is CC(C)C(=O)NCCN1CCCc2ccccc21. The van der Waals surface area contributed by atoms with E-state index in [4.69, 9.17) is 0 Å². The van der Waals surface area contributed by atoms with Crippen molar-refractivity contribution in [1.82, 2.24) is 5.32 Å². The molecule has 0 atom stereocenters. The van der Waals surface area contributed by atoms with Gasteiger partial charge in [0.15, 0.2) is 0 Å². The van der Waals surface area contributed by atoms with E-state index in [2.05, 4.69) is 34.5 Å². The molecule has 0 aromatic heterocycles. The summed E-state index contributed by atoms with van der Waals surface area (Å²) in [6, 6.07) is 8.57. The van der Waals surface area contributed by atoms with Gasteiger partial charge in [0.1, 0.15) is 0 Å². The molecule has 1 aliphatic rings. The van der Waals surface area contributed by atoms with Crippen molar-refractivity contribution in [3.8, 4) is 0 Å². The Morgan fingerprint density at radius 3 is 2.94 bits per heavy atom. The second-order valence-corrected chi connectivity index (χ2v) is 5.17. The Labute approximate surface area is 109 Å². The van der Waals surface area contributed by atoms with Crippen LogP contribution >= 0.6 is 0 Å². The molecule has 0 saturated carbocycles. The minimum absolute atomic E-state index is 0.0682. The Bertz CT molecular complexity index is 415. The van der Waals surface area contributed by atoms with Crippen LogP contribution in [-0.2, 0) is 11.2 Å². The highest BCUT2D eigenvalue weighted by Crippen LogP contribution is 2.25. The summed E-state index contributed by atoms with van der Waals surface area (Å²) >= 11 is 0. The molecule has 18 heavy (non-hydrogen) atoms. The van der Waals surface area contributed by atoms with Crippen LogP contribution in [0.25, 0.3) is 0 Å². The van der Waals surface area contributed by atoms with E-state index in [-0.39, 0.29) is 11.8 Å². The van der Waals surface area contributed by atoms with Gasteiger partial charge in [-0.25, -0.2) is 0 Å². The van der Waals surface area contributed by atoms with Gasteiger partial charge in [-0.15, -0.1) is 0 Å². The predicted octanol–water partition coefficient (Wildman–Crippen LogP) is 2.21. The van der Waals surface area contributed by atoms with Crippen LogP contribution in [-0.4, -0.2) is 25.5 Å². The maximum absolute atomic E-state index is 11.5. The number of hydrogen-bond acceptors (Lipinski definition) is 2. The Hall–Kier alpha value is -1.51. The van der Waals surface area contributed by atoms with Crippen LogP contribution in [0.4, 0.5) is 5.69 Å². The summed E-state index contributed by atoms with van der Waals surface area (Å²) in [6.07, 6.45) is 2.38. The summed E-state index contributed by atoms with van der Waals surface area (Å²) in [5.74, 6) is 0.207. The fourth-order valence-corrected chi connectivity index (χ4v) is 2.36. The third-order valence-electron chi connectivity index (χ3n) is 3.41. The summed E-state index contributed by atoms with van der Waals surface area (Å²) in [6.45, 7) is 6.56. The van der Waals surface area contributed by atoms with E-state index in [0.717, 1.165) is 19.6 Å². The molecule has 2 rings (SSSR count). The summed E-state index contributed by atoms with van der Waals surface area (Å²) in [4.78, 5) is 13.9. The zero-order valence-electron chi connectivity index (χ0n) is 11.3. The number of nitrogens with one attached hydrogen (secondary N) is 1. The predicted molar refractivity (Wildman–Crippen MR) is 74.8 cm³/mol. The van der Waals surface area contributed by atoms with E-state index >= 15 is 0 Å². The lowest BCUT2D eigenvalue weighted by Gasteiger charge is -2.31. The first-order chi connectivity index (χ1) is 8.68. The molecule has 3 nitrogen and oxygen atoms in total. The molecule has 0 spiro atoms. The fourth-order valence-electron chi connectivity index (χ4n) is 2.36. The highest BCUT2D eigenvalue weighted by atomic mass is 16.1. The summed E-state index contributed by atoms with van der Waals surface area (Å²) < 4.78 is 0. The smallest absolute Gasteiger partial charge is 0.222 e. The molecule has 0 radical (unpaired) electrons. The van der Waals surface area contributed by atoms with Crippen LogP contribution in [0.15, 0.2) is 24.3 Å². The van der Waals surface area contributed by atoms with Gasteiger partial charge < -0.3 is 10.2 Å².